The van der Waals surface area contributed by atoms with Crippen LogP contribution in [0.15, 0.2) is 0 Å². The van der Waals surface area contributed by atoms with Crippen molar-refractivity contribution in [3.63, 3.8) is 0 Å². The second kappa shape index (κ2) is 11.8. The van der Waals surface area contributed by atoms with Crippen LogP contribution in [0.4, 0.5) is 0 Å². The molecule has 0 amide bonds. The predicted molar refractivity (Wildman–Crippen MR) is 222 cm³/mol. The van der Waals surface area contributed by atoms with Gasteiger partial charge in [-0.05, 0) is 271 Å². The molecular weight excluding hydrogens is 669 g/mol. The van der Waals surface area contributed by atoms with E-state index in [1.54, 1.807) is 166 Å². The Labute approximate surface area is 318 Å². The van der Waals surface area contributed by atoms with Crippen molar-refractivity contribution in [1.29, 1.82) is 0 Å². The summed E-state index contributed by atoms with van der Waals surface area (Å²) < 4.78 is 3.35. The van der Waals surface area contributed by atoms with E-state index >= 15 is 0 Å². The molecule has 0 N–H and O–H groups in total. The van der Waals surface area contributed by atoms with Crippen LogP contribution in [0.2, 0.25) is 19.6 Å². The molecule has 0 heterocycles. The number of hydrogen-bond acceptors (Lipinski definition) is 1. The largest absolute Gasteiger partial charge is 0.323 e. The summed E-state index contributed by atoms with van der Waals surface area (Å²) in [7, 11) is -1.17. The van der Waals surface area contributed by atoms with Crippen LogP contribution in [0.1, 0.15) is 154 Å². The Morgan fingerprint density at radius 1 is 0.353 bits per heavy atom. The van der Waals surface area contributed by atoms with Crippen LogP contribution in [0.3, 0.4) is 0 Å². The quantitative estimate of drug-likeness (QED) is 0.150. The Bertz CT molecular complexity index is 1050. The van der Waals surface area contributed by atoms with Crippen LogP contribution in [0.25, 0.3) is 0 Å². The molecule has 16 aliphatic carbocycles. The lowest BCUT2D eigenvalue weighted by Crippen LogP contribution is -2.58. The third-order valence-electron chi connectivity index (χ3n) is 20.4. The molecule has 4 heteroatoms. The van der Waals surface area contributed by atoms with Gasteiger partial charge in [-0.3, -0.25) is 0 Å². The van der Waals surface area contributed by atoms with Crippen molar-refractivity contribution in [2.24, 2.45) is 71.0 Å². The number of rotatable bonds is 11. The van der Waals surface area contributed by atoms with Crippen molar-refractivity contribution in [1.82, 2.24) is 4.57 Å². The fourth-order valence-corrected chi connectivity index (χ4v) is 33.2. The maximum Gasteiger partial charge on any atom is 0.119 e. The second-order valence-electron chi connectivity index (χ2n) is 25.0. The molecule has 0 aromatic carbocycles. The van der Waals surface area contributed by atoms with Gasteiger partial charge in [0.15, 0.2) is 0 Å². The van der Waals surface area contributed by atoms with Crippen molar-refractivity contribution in [3.05, 3.63) is 0 Å². The third-order valence-corrected chi connectivity index (χ3v) is 30.9. The Morgan fingerprint density at radius 2 is 0.529 bits per heavy atom. The normalized spacial score (nSPS) is 56.5. The highest BCUT2D eigenvalue weighted by Gasteiger charge is 2.64. The molecule has 0 unspecified atom stereocenters. The van der Waals surface area contributed by atoms with Gasteiger partial charge in [-0.25, -0.2) is 0 Å². The second-order valence-corrected chi connectivity index (χ2v) is 36.4. The average Bonchev–Trinajstić information content (AvgIpc) is 3.00. The minimum atomic E-state index is -1.42. The molecule has 0 atom stereocenters. The van der Waals surface area contributed by atoms with Crippen LogP contribution < -0.4 is 0 Å². The van der Waals surface area contributed by atoms with Gasteiger partial charge in [0, 0.05) is 0 Å². The van der Waals surface area contributed by atoms with Crippen LogP contribution in [0, 0.1) is 71.0 Å². The lowest BCUT2D eigenvalue weighted by atomic mass is 9.55. The zero-order valence-corrected chi connectivity index (χ0v) is 36.4. The van der Waals surface area contributed by atoms with E-state index in [-0.39, 0.29) is 15.8 Å². The standard InChI is InChI=1S/C47H77NP2Si/c1-51(2,3)48(4-6-49(44-20-32-8-33(21-44)10-34(9-32)22-44)45-23-35-11-36(24-45)13-37(12-35)25-45)5-7-50(46-26-38-14-39(27-46)16-40(15-38)28-46)47-29-41-17-42(30-47)19-43(18-41)31-47/h32-43H,4-31H2,1-3H3. The maximum atomic E-state index is 3.35. The first kappa shape index (κ1) is 34.1. The summed E-state index contributed by atoms with van der Waals surface area (Å²) in [6, 6.07) is 0. The topological polar surface area (TPSA) is 3.24 Å². The fraction of sp³-hybridized carbons (Fsp3) is 1.00. The number of nitrogens with zero attached hydrogens (tertiary/aromatic N) is 1. The SMILES string of the molecule is C[Si](C)(C)N(CCP(C12CC3CC(CC(C3)C1)C2)C12CC3CC(CC(C3)C1)C2)CCP(C12CC3CC(CC(C3)C1)C2)C12CC3CC(CC(C3)C1)C2. The van der Waals surface area contributed by atoms with E-state index in [0.717, 1.165) is 91.6 Å². The summed E-state index contributed by atoms with van der Waals surface area (Å²) in [6.07, 6.45) is 43.4. The van der Waals surface area contributed by atoms with Gasteiger partial charge >= 0.3 is 0 Å². The summed E-state index contributed by atoms with van der Waals surface area (Å²) >= 11 is 0. The van der Waals surface area contributed by atoms with Gasteiger partial charge in [-0.15, -0.1) is 0 Å². The van der Waals surface area contributed by atoms with E-state index in [1.807, 2.05) is 0 Å². The number of hydrogen-bond donors (Lipinski definition) is 0. The van der Waals surface area contributed by atoms with Crippen molar-refractivity contribution < 1.29 is 0 Å². The molecule has 0 radical (unpaired) electrons. The van der Waals surface area contributed by atoms with Gasteiger partial charge in [-0.2, -0.15) is 0 Å². The molecule has 1 nitrogen and oxygen atoms in total. The van der Waals surface area contributed by atoms with E-state index in [4.69, 9.17) is 0 Å². The van der Waals surface area contributed by atoms with Crippen molar-refractivity contribution in [3.8, 4) is 0 Å². The third kappa shape index (κ3) is 5.53. The van der Waals surface area contributed by atoms with Gasteiger partial charge in [-0.1, -0.05) is 35.5 Å². The lowest BCUT2D eigenvalue weighted by molar-refractivity contribution is 0.0184. The molecule has 0 saturated heterocycles. The molecule has 0 aliphatic heterocycles. The molecule has 0 aromatic rings. The lowest BCUT2D eigenvalue weighted by Gasteiger charge is -2.68. The van der Waals surface area contributed by atoms with E-state index in [0.29, 0.717) is 0 Å². The van der Waals surface area contributed by atoms with Crippen molar-refractivity contribution >= 4 is 24.1 Å². The summed E-state index contributed by atoms with van der Waals surface area (Å²) in [4.78, 5) is 0. The minimum Gasteiger partial charge on any atom is -0.323 e. The Balaban J connectivity index is 0.855. The summed E-state index contributed by atoms with van der Waals surface area (Å²) in [5, 5.41) is 3.25. The smallest absolute Gasteiger partial charge is 0.119 e. The highest BCUT2D eigenvalue weighted by molar-refractivity contribution is 7.61. The first-order valence-electron chi connectivity index (χ1n) is 23.8. The van der Waals surface area contributed by atoms with Crippen LogP contribution in [0.5, 0.6) is 0 Å². The highest BCUT2D eigenvalue weighted by atomic mass is 31.1. The molecule has 0 spiro atoms. The summed E-state index contributed by atoms with van der Waals surface area (Å²) in [5.74, 6) is 13.6. The van der Waals surface area contributed by atoms with Gasteiger partial charge in [0.05, 0.1) is 0 Å². The molecule has 16 bridgehead atoms. The molecule has 16 saturated carbocycles. The van der Waals surface area contributed by atoms with Crippen LogP contribution in [-0.4, -0.2) is 58.8 Å². The Hall–Kier alpha value is 1.04. The highest BCUT2D eigenvalue weighted by Crippen LogP contribution is 2.80. The monoisotopic (exact) mass is 746 g/mol. The summed E-state index contributed by atoms with van der Waals surface area (Å²) in [6.45, 7) is 11.4. The van der Waals surface area contributed by atoms with E-state index < -0.39 is 8.24 Å². The zero-order valence-electron chi connectivity index (χ0n) is 33.6. The maximum absolute atomic E-state index is 3.35. The first-order chi connectivity index (χ1) is 24.5. The predicted octanol–water partition coefficient (Wildman–Crippen LogP) is 13.0. The minimum absolute atomic E-state index is 0.126. The fourth-order valence-electron chi connectivity index (χ4n) is 20.8. The summed E-state index contributed by atoms with van der Waals surface area (Å²) in [5.41, 5.74) is 0. The Morgan fingerprint density at radius 3 is 0.686 bits per heavy atom. The van der Waals surface area contributed by atoms with E-state index in [9.17, 15) is 0 Å². The molecular formula is C47H77NP2Si. The average molecular weight is 746 g/mol. The van der Waals surface area contributed by atoms with Gasteiger partial charge in [0.2, 0.25) is 0 Å². The van der Waals surface area contributed by atoms with E-state index in [1.165, 1.54) is 13.1 Å². The first-order valence-corrected chi connectivity index (χ1v) is 30.3. The van der Waals surface area contributed by atoms with Crippen LogP contribution in [-0.2, 0) is 0 Å². The van der Waals surface area contributed by atoms with Gasteiger partial charge < -0.3 is 4.57 Å². The van der Waals surface area contributed by atoms with Crippen molar-refractivity contribution in [2.45, 2.75) is 194 Å². The molecule has 16 rings (SSSR count). The molecule has 16 fully saturated rings. The molecule has 0 aromatic heterocycles. The molecule has 51 heavy (non-hydrogen) atoms. The van der Waals surface area contributed by atoms with Crippen LogP contribution >= 0.6 is 15.8 Å². The van der Waals surface area contributed by atoms with E-state index in [2.05, 4.69) is 24.2 Å². The zero-order chi connectivity index (χ0) is 34.0. The molecule has 284 valence electrons. The molecule has 16 aliphatic rings. The van der Waals surface area contributed by atoms with Gasteiger partial charge in [0.25, 0.3) is 0 Å². The van der Waals surface area contributed by atoms with Gasteiger partial charge in [0.1, 0.15) is 8.24 Å². The van der Waals surface area contributed by atoms with Crippen molar-refractivity contribution in [2.75, 3.05) is 25.4 Å². The Kier molecular flexibility index (Phi) is 7.90.